The summed E-state index contributed by atoms with van der Waals surface area (Å²) >= 11 is 0. The molecule has 3 heteroatoms. The van der Waals surface area contributed by atoms with E-state index < -0.39 is 0 Å². The van der Waals surface area contributed by atoms with E-state index in [-0.39, 0.29) is 34.1 Å². The number of carbonyl (C=O) groups excluding carboxylic acids is 1. The van der Waals surface area contributed by atoms with Gasteiger partial charge in [-0.25, -0.2) is 0 Å². The zero-order valence-corrected chi connectivity index (χ0v) is 14.2. The average Bonchev–Trinajstić information content (AvgIpc) is 2.68. The van der Waals surface area contributed by atoms with Gasteiger partial charge in [0.05, 0.1) is 0 Å². The molecule has 0 spiro atoms. The first-order chi connectivity index (χ1) is 8.94. The number of carbonyl (C=O) groups is 1. The van der Waals surface area contributed by atoms with Crippen molar-refractivity contribution in [1.82, 2.24) is 5.32 Å². The molecule has 3 nitrogen and oxygen atoms in total. The van der Waals surface area contributed by atoms with Crippen molar-refractivity contribution in [2.45, 2.75) is 73.4 Å². The molecule has 2 aliphatic carbocycles. The van der Waals surface area contributed by atoms with Gasteiger partial charge in [-0.1, -0.05) is 48.5 Å². The molecule has 0 aromatic rings. The van der Waals surface area contributed by atoms with Crippen LogP contribution < -0.4 is 11.1 Å². The van der Waals surface area contributed by atoms with Gasteiger partial charge in [-0.2, -0.15) is 0 Å². The average molecular weight is 280 g/mol. The predicted octanol–water partition coefficient (Wildman–Crippen LogP) is 2.94. The molecule has 116 valence electrons. The minimum atomic E-state index is -0.0229. The van der Waals surface area contributed by atoms with Gasteiger partial charge in [0.2, 0.25) is 5.91 Å². The van der Waals surface area contributed by atoms with Crippen LogP contribution in [0.5, 0.6) is 0 Å². The molecule has 3 N–H and O–H groups in total. The molecule has 0 bridgehead atoms. The smallest absolute Gasteiger partial charge is 0.223 e. The molecule has 3 atom stereocenters. The molecule has 0 saturated heterocycles. The highest BCUT2D eigenvalue weighted by Crippen LogP contribution is 2.62. The fourth-order valence-corrected chi connectivity index (χ4v) is 4.12. The van der Waals surface area contributed by atoms with Crippen molar-refractivity contribution in [3.05, 3.63) is 0 Å². The van der Waals surface area contributed by atoms with E-state index in [2.05, 4.69) is 53.8 Å². The van der Waals surface area contributed by atoms with Crippen molar-refractivity contribution in [3.63, 3.8) is 0 Å². The van der Waals surface area contributed by atoms with Crippen LogP contribution in [0.2, 0.25) is 0 Å². The number of hydrogen-bond acceptors (Lipinski definition) is 2. The Bertz CT molecular complexity index is 397. The summed E-state index contributed by atoms with van der Waals surface area (Å²) in [4.78, 5) is 12.7. The topological polar surface area (TPSA) is 55.1 Å². The van der Waals surface area contributed by atoms with E-state index in [1.165, 1.54) is 0 Å². The van der Waals surface area contributed by atoms with E-state index in [9.17, 15) is 4.79 Å². The summed E-state index contributed by atoms with van der Waals surface area (Å²) in [5.41, 5.74) is 6.56. The number of nitrogens with two attached hydrogens (primary N) is 1. The van der Waals surface area contributed by atoms with Crippen LogP contribution in [-0.2, 0) is 4.79 Å². The van der Waals surface area contributed by atoms with Gasteiger partial charge in [0.25, 0.3) is 0 Å². The van der Waals surface area contributed by atoms with Gasteiger partial charge in [0.1, 0.15) is 0 Å². The monoisotopic (exact) mass is 280 g/mol. The van der Waals surface area contributed by atoms with Crippen molar-refractivity contribution in [1.29, 1.82) is 0 Å². The molecule has 2 fully saturated rings. The van der Waals surface area contributed by atoms with Gasteiger partial charge < -0.3 is 11.1 Å². The summed E-state index contributed by atoms with van der Waals surface area (Å²) in [5, 5.41) is 3.32. The largest absolute Gasteiger partial charge is 0.352 e. The molecular formula is C17H32N2O. The van der Waals surface area contributed by atoms with E-state index in [1.54, 1.807) is 0 Å². The second kappa shape index (κ2) is 4.46. The van der Waals surface area contributed by atoms with Gasteiger partial charge in [-0.3, -0.25) is 4.79 Å². The Morgan fingerprint density at radius 1 is 1.05 bits per heavy atom. The van der Waals surface area contributed by atoms with Crippen molar-refractivity contribution in [3.8, 4) is 0 Å². The lowest BCUT2D eigenvalue weighted by molar-refractivity contribution is -0.132. The maximum Gasteiger partial charge on any atom is 0.223 e. The van der Waals surface area contributed by atoms with Crippen molar-refractivity contribution in [2.24, 2.45) is 33.8 Å². The Hall–Kier alpha value is -0.570. The summed E-state index contributed by atoms with van der Waals surface area (Å²) < 4.78 is 0. The van der Waals surface area contributed by atoms with Crippen LogP contribution in [0, 0.1) is 28.1 Å². The third-order valence-corrected chi connectivity index (χ3v) is 7.13. The van der Waals surface area contributed by atoms with E-state index in [1.807, 2.05) is 0 Å². The van der Waals surface area contributed by atoms with E-state index in [0.29, 0.717) is 12.0 Å². The van der Waals surface area contributed by atoms with Crippen LogP contribution in [0.4, 0.5) is 0 Å². The minimum absolute atomic E-state index is 0.0229. The fourth-order valence-electron chi connectivity index (χ4n) is 4.12. The second-order valence-electron chi connectivity index (χ2n) is 8.79. The summed E-state index contributed by atoms with van der Waals surface area (Å²) in [6.45, 7) is 15.5. The van der Waals surface area contributed by atoms with Crippen LogP contribution in [0.1, 0.15) is 61.3 Å². The van der Waals surface area contributed by atoms with Crippen LogP contribution in [0.3, 0.4) is 0 Å². The SMILES string of the molecule is CC1C(N)CCC(C(=O)NC2C(C)(C)C2(C)C)C1(C)C. The Balaban J connectivity index is 2.07. The molecule has 0 aromatic carbocycles. The zero-order chi connectivity index (χ0) is 15.5. The van der Waals surface area contributed by atoms with Crippen LogP contribution in [0.25, 0.3) is 0 Å². The number of nitrogens with one attached hydrogen (secondary N) is 1. The molecule has 0 aromatic heterocycles. The first-order valence-corrected chi connectivity index (χ1v) is 8.00. The number of amides is 1. The van der Waals surface area contributed by atoms with Crippen molar-refractivity contribution in [2.75, 3.05) is 0 Å². The van der Waals surface area contributed by atoms with Gasteiger partial charge in [-0.05, 0) is 35.0 Å². The summed E-state index contributed by atoms with van der Waals surface area (Å²) in [6, 6.07) is 0.520. The fraction of sp³-hybridized carbons (Fsp3) is 0.941. The van der Waals surface area contributed by atoms with E-state index in [0.717, 1.165) is 12.8 Å². The Kier molecular flexibility index (Phi) is 3.53. The van der Waals surface area contributed by atoms with Crippen LogP contribution in [-0.4, -0.2) is 18.0 Å². The molecule has 0 heterocycles. The number of rotatable bonds is 2. The molecule has 2 aliphatic rings. The molecule has 2 rings (SSSR count). The number of hydrogen-bond donors (Lipinski definition) is 2. The third kappa shape index (κ3) is 2.09. The van der Waals surface area contributed by atoms with Crippen molar-refractivity contribution >= 4 is 5.91 Å². The standard InChI is InChI=1S/C17H32N2O/c1-10-12(18)9-8-11(15(10,2)3)13(20)19-14-16(4,5)17(14,6)7/h10-12,14H,8-9,18H2,1-7H3,(H,19,20). The zero-order valence-electron chi connectivity index (χ0n) is 14.2. The lowest BCUT2D eigenvalue weighted by Gasteiger charge is -2.46. The Labute approximate surface area is 124 Å². The highest BCUT2D eigenvalue weighted by atomic mass is 16.2. The molecule has 0 aliphatic heterocycles. The summed E-state index contributed by atoms with van der Waals surface area (Å²) in [6.07, 6.45) is 1.87. The van der Waals surface area contributed by atoms with Gasteiger partial charge in [0.15, 0.2) is 0 Å². The first kappa shape index (κ1) is 15.8. The van der Waals surface area contributed by atoms with Gasteiger partial charge in [0, 0.05) is 18.0 Å². The highest BCUT2D eigenvalue weighted by molar-refractivity contribution is 5.80. The molecular weight excluding hydrogens is 248 g/mol. The third-order valence-electron chi connectivity index (χ3n) is 7.13. The second-order valence-corrected chi connectivity index (χ2v) is 8.79. The minimum Gasteiger partial charge on any atom is -0.352 e. The lowest BCUT2D eigenvalue weighted by atomic mass is 9.61. The molecule has 20 heavy (non-hydrogen) atoms. The Morgan fingerprint density at radius 2 is 1.55 bits per heavy atom. The van der Waals surface area contributed by atoms with Crippen LogP contribution in [0.15, 0.2) is 0 Å². The van der Waals surface area contributed by atoms with Gasteiger partial charge in [-0.15, -0.1) is 0 Å². The molecule has 1 amide bonds. The van der Waals surface area contributed by atoms with Gasteiger partial charge >= 0.3 is 0 Å². The normalized spacial score (nSPS) is 38.3. The quantitative estimate of drug-likeness (QED) is 0.817. The maximum absolute atomic E-state index is 12.7. The first-order valence-electron chi connectivity index (χ1n) is 8.00. The summed E-state index contributed by atoms with van der Waals surface area (Å²) in [5.74, 6) is 0.703. The Morgan fingerprint density at radius 3 is 2.00 bits per heavy atom. The lowest BCUT2D eigenvalue weighted by Crippen LogP contribution is -2.52. The van der Waals surface area contributed by atoms with E-state index in [4.69, 9.17) is 5.73 Å². The summed E-state index contributed by atoms with van der Waals surface area (Å²) in [7, 11) is 0. The van der Waals surface area contributed by atoms with Crippen LogP contribution >= 0.6 is 0 Å². The van der Waals surface area contributed by atoms with E-state index >= 15 is 0 Å². The molecule has 0 radical (unpaired) electrons. The molecule has 3 unspecified atom stereocenters. The molecule has 2 saturated carbocycles. The van der Waals surface area contributed by atoms with Crippen molar-refractivity contribution < 1.29 is 4.79 Å². The predicted molar refractivity (Wildman–Crippen MR) is 83.1 cm³/mol. The maximum atomic E-state index is 12.7. The highest BCUT2D eigenvalue weighted by Gasteiger charge is 2.65.